The van der Waals surface area contributed by atoms with Gasteiger partial charge in [-0.25, -0.2) is 0 Å². The van der Waals surface area contributed by atoms with E-state index < -0.39 is 8.32 Å². The molecule has 0 N–H and O–H groups in total. The summed E-state index contributed by atoms with van der Waals surface area (Å²) in [4.78, 5) is 2.38. The fourth-order valence-corrected chi connectivity index (χ4v) is 4.11. The molecule has 0 fully saturated rings. The van der Waals surface area contributed by atoms with E-state index >= 15 is 0 Å². The van der Waals surface area contributed by atoms with Gasteiger partial charge in [-0.05, 0) is 35.7 Å². The summed E-state index contributed by atoms with van der Waals surface area (Å²) < 4.78 is 6.31. The molecule has 0 amide bonds. The first-order valence-electron chi connectivity index (χ1n) is 10.5. The van der Waals surface area contributed by atoms with Crippen LogP contribution in [-0.4, -0.2) is 26.4 Å². The Hall–Kier alpha value is -1.93. The molecule has 2 aromatic carbocycles. The van der Waals surface area contributed by atoms with Gasteiger partial charge in [0.05, 0.1) is 12.0 Å². The quantitative estimate of drug-likeness (QED) is 0.437. The molecule has 0 heterocycles. The van der Waals surface area contributed by atoms with Crippen LogP contribution >= 0.6 is 0 Å². The molecule has 156 valence electrons. The second kappa shape index (κ2) is 10.7. The van der Waals surface area contributed by atoms with Gasteiger partial charge in [0.25, 0.3) is 0 Å². The SMILES string of the molecule is CC(C)(C)[Si](C)(C)OCC[C@@H](C#N)CN(Cc1ccccc1)Cc1ccccc1. The third-order valence-corrected chi connectivity index (χ3v) is 10.4. The molecule has 0 bridgehead atoms. The Morgan fingerprint density at radius 3 is 1.83 bits per heavy atom. The fourth-order valence-electron chi connectivity index (χ4n) is 3.05. The lowest BCUT2D eigenvalue weighted by atomic mass is 10.1. The average Bonchev–Trinajstić information content (AvgIpc) is 2.67. The van der Waals surface area contributed by atoms with Crippen LogP contribution in [0.2, 0.25) is 18.1 Å². The summed E-state index contributed by atoms with van der Waals surface area (Å²) in [6.07, 6.45) is 0.781. The minimum atomic E-state index is -1.77. The van der Waals surface area contributed by atoms with E-state index in [1.165, 1.54) is 11.1 Å². The van der Waals surface area contributed by atoms with Crippen molar-refractivity contribution < 1.29 is 4.43 Å². The van der Waals surface area contributed by atoms with Crippen LogP contribution in [0.4, 0.5) is 0 Å². The van der Waals surface area contributed by atoms with E-state index in [1.807, 2.05) is 12.1 Å². The number of nitrogens with zero attached hydrogens (tertiary/aromatic N) is 2. The Kier molecular flexibility index (Phi) is 8.64. The molecule has 0 saturated heterocycles. The zero-order valence-electron chi connectivity index (χ0n) is 18.7. The van der Waals surface area contributed by atoms with Crippen molar-refractivity contribution >= 4 is 8.32 Å². The molecule has 29 heavy (non-hydrogen) atoms. The van der Waals surface area contributed by atoms with Crippen LogP contribution < -0.4 is 0 Å². The molecule has 3 nitrogen and oxygen atoms in total. The van der Waals surface area contributed by atoms with Crippen LogP contribution in [0.25, 0.3) is 0 Å². The smallest absolute Gasteiger partial charge is 0.191 e. The lowest BCUT2D eigenvalue weighted by molar-refractivity contribution is 0.205. The summed E-state index contributed by atoms with van der Waals surface area (Å²) in [6.45, 7) is 14.4. The lowest BCUT2D eigenvalue weighted by Crippen LogP contribution is -2.41. The van der Waals surface area contributed by atoms with Gasteiger partial charge in [-0.3, -0.25) is 4.90 Å². The highest BCUT2D eigenvalue weighted by molar-refractivity contribution is 6.74. The number of hydrogen-bond donors (Lipinski definition) is 0. The highest BCUT2D eigenvalue weighted by atomic mass is 28.4. The van der Waals surface area contributed by atoms with Gasteiger partial charge in [-0.2, -0.15) is 5.26 Å². The van der Waals surface area contributed by atoms with Crippen molar-refractivity contribution in [3.05, 3.63) is 71.8 Å². The largest absolute Gasteiger partial charge is 0.417 e. The summed E-state index contributed by atoms with van der Waals surface area (Å²) in [5.41, 5.74) is 2.55. The molecule has 2 rings (SSSR count). The monoisotopic (exact) mass is 408 g/mol. The van der Waals surface area contributed by atoms with Gasteiger partial charge in [0.15, 0.2) is 8.32 Å². The Bertz CT molecular complexity index is 721. The Morgan fingerprint density at radius 1 is 0.931 bits per heavy atom. The zero-order chi connectivity index (χ0) is 21.3. The van der Waals surface area contributed by atoms with E-state index in [2.05, 4.69) is 93.4 Å². The molecule has 4 heteroatoms. The van der Waals surface area contributed by atoms with Crippen LogP contribution in [0.15, 0.2) is 60.7 Å². The molecule has 2 aromatic rings. The normalized spacial score (nSPS) is 13.3. The van der Waals surface area contributed by atoms with E-state index in [4.69, 9.17) is 4.43 Å². The number of hydrogen-bond acceptors (Lipinski definition) is 3. The van der Waals surface area contributed by atoms with Crippen LogP contribution in [0.1, 0.15) is 38.3 Å². The summed E-state index contributed by atoms with van der Waals surface area (Å²) >= 11 is 0. The van der Waals surface area contributed by atoms with Gasteiger partial charge >= 0.3 is 0 Å². The molecule has 0 aliphatic carbocycles. The molecule has 0 unspecified atom stereocenters. The zero-order valence-corrected chi connectivity index (χ0v) is 19.7. The van der Waals surface area contributed by atoms with E-state index in [1.54, 1.807) is 0 Å². The van der Waals surface area contributed by atoms with E-state index in [-0.39, 0.29) is 11.0 Å². The predicted molar refractivity (Wildman–Crippen MR) is 124 cm³/mol. The van der Waals surface area contributed by atoms with Gasteiger partial charge in [0, 0.05) is 26.2 Å². The van der Waals surface area contributed by atoms with Gasteiger partial charge in [-0.1, -0.05) is 81.4 Å². The highest BCUT2D eigenvalue weighted by Gasteiger charge is 2.37. The van der Waals surface area contributed by atoms with Gasteiger partial charge in [-0.15, -0.1) is 0 Å². The number of benzene rings is 2. The van der Waals surface area contributed by atoms with Crippen LogP contribution in [0.3, 0.4) is 0 Å². The Morgan fingerprint density at radius 2 is 1.41 bits per heavy atom. The maximum atomic E-state index is 9.78. The summed E-state index contributed by atoms with van der Waals surface area (Å²) in [7, 11) is -1.77. The first-order chi connectivity index (χ1) is 13.7. The highest BCUT2D eigenvalue weighted by Crippen LogP contribution is 2.36. The number of nitriles is 1. The molecular formula is C25H36N2OSi. The first kappa shape index (κ1) is 23.3. The minimum Gasteiger partial charge on any atom is -0.417 e. The second-order valence-corrected chi connectivity index (χ2v) is 14.2. The molecule has 0 saturated carbocycles. The van der Waals surface area contributed by atoms with Crippen LogP contribution in [0, 0.1) is 17.2 Å². The maximum absolute atomic E-state index is 9.78. The van der Waals surface area contributed by atoms with Crippen molar-refractivity contribution in [1.29, 1.82) is 5.26 Å². The lowest BCUT2D eigenvalue weighted by Gasteiger charge is -2.36. The molecule has 0 radical (unpaired) electrons. The summed E-state index contributed by atoms with van der Waals surface area (Å²) in [5.74, 6) is -0.0350. The molecule has 0 aliphatic rings. The number of rotatable bonds is 10. The first-order valence-corrected chi connectivity index (χ1v) is 13.5. The molecular weight excluding hydrogens is 372 g/mol. The summed E-state index contributed by atoms with van der Waals surface area (Å²) in [5, 5.41) is 9.97. The molecule has 0 aliphatic heterocycles. The average molecular weight is 409 g/mol. The van der Waals surface area contributed by atoms with Gasteiger partial charge in [0.1, 0.15) is 0 Å². The standard InChI is InChI=1S/C25H36N2OSi/c1-25(2,3)29(4,5)28-17-16-24(18-26)21-27(19-22-12-8-6-9-13-22)20-23-14-10-7-11-15-23/h6-15,24H,16-17,19-21H2,1-5H3/t24-/m0/s1. The third kappa shape index (κ3) is 7.78. The van der Waals surface area contributed by atoms with Gasteiger partial charge < -0.3 is 4.43 Å². The van der Waals surface area contributed by atoms with Crippen molar-refractivity contribution in [3.8, 4) is 6.07 Å². The maximum Gasteiger partial charge on any atom is 0.191 e. The van der Waals surface area contributed by atoms with Gasteiger partial charge in [0.2, 0.25) is 0 Å². The molecule has 0 spiro atoms. The fraction of sp³-hybridized carbons (Fsp3) is 0.480. The van der Waals surface area contributed by atoms with Crippen LogP contribution in [0.5, 0.6) is 0 Å². The molecule has 1 atom stereocenters. The topological polar surface area (TPSA) is 36.3 Å². The van der Waals surface area contributed by atoms with Crippen molar-refractivity contribution in [1.82, 2.24) is 4.90 Å². The molecule has 0 aromatic heterocycles. The predicted octanol–water partition coefficient (Wildman–Crippen LogP) is 6.24. The second-order valence-electron chi connectivity index (χ2n) is 9.36. The minimum absolute atomic E-state index is 0.0350. The van der Waals surface area contributed by atoms with Crippen molar-refractivity contribution in [3.63, 3.8) is 0 Å². The Labute approximate surface area is 178 Å². The van der Waals surface area contributed by atoms with E-state index in [0.29, 0.717) is 6.61 Å². The van der Waals surface area contributed by atoms with Crippen LogP contribution in [-0.2, 0) is 17.5 Å². The van der Waals surface area contributed by atoms with E-state index in [9.17, 15) is 5.26 Å². The van der Waals surface area contributed by atoms with Crippen molar-refractivity contribution in [2.75, 3.05) is 13.2 Å². The Balaban J connectivity index is 2.00. The van der Waals surface area contributed by atoms with Crippen molar-refractivity contribution in [2.24, 2.45) is 5.92 Å². The third-order valence-electron chi connectivity index (χ3n) is 5.89. The van der Waals surface area contributed by atoms with Crippen molar-refractivity contribution in [2.45, 2.75) is 58.4 Å². The summed E-state index contributed by atoms with van der Waals surface area (Å²) in [6, 6.07) is 23.5. The van der Waals surface area contributed by atoms with E-state index in [0.717, 1.165) is 26.1 Å².